The van der Waals surface area contributed by atoms with Gasteiger partial charge >= 0.3 is 5.97 Å². The molecule has 212 valence electrons. The molecule has 3 aromatic carbocycles. The van der Waals surface area contributed by atoms with Gasteiger partial charge in [-0.15, -0.1) is 0 Å². The van der Waals surface area contributed by atoms with Gasteiger partial charge in [0.05, 0.1) is 34.2 Å². The highest BCUT2D eigenvalue weighted by atomic mass is 79.9. The molecule has 9 nitrogen and oxygen atoms in total. The fourth-order valence-electron chi connectivity index (χ4n) is 3.75. The minimum atomic E-state index is -0.684. The van der Waals surface area contributed by atoms with Gasteiger partial charge in [0.15, 0.2) is 11.5 Å². The number of hydrogen-bond donors (Lipinski definition) is 1. The zero-order valence-corrected chi connectivity index (χ0v) is 24.7. The van der Waals surface area contributed by atoms with Gasteiger partial charge < -0.3 is 19.5 Å². The van der Waals surface area contributed by atoms with Gasteiger partial charge in [0.1, 0.15) is 19.0 Å². The number of rotatable bonds is 9. The van der Waals surface area contributed by atoms with E-state index in [1.165, 1.54) is 50.6 Å². The quantitative estimate of drug-likeness (QED) is 0.210. The number of benzene rings is 3. The molecule has 13 heteroatoms. The van der Waals surface area contributed by atoms with Gasteiger partial charge in [-0.3, -0.25) is 19.3 Å². The first-order valence-electron chi connectivity index (χ1n) is 11.8. The minimum absolute atomic E-state index is 0.0491. The van der Waals surface area contributed by atoms with E-state index in [9.17, 15) is 23.6 Å². The van der Waals surface area contributed by atoms with Crippen molar-refractivity contribution in [2.24, 2.45) is 0 Å². The van der Waals surface area contributed by atoms with E-state index in [1.807, 2.05) is 0 Å². The molecule has 0 bridgehead atoms. The Hall–Kier alpha value is -3.87. The van der Waals surface area contributed by atoms with Crippen LogP contribution in [-0.4, -0.2) is 48.7 Å². The van der Waals surface area contributed by atoms with Crippen LogP contribution in [0.2, 0.25) is 5.02 Å². The number of nitrogens with zero attached hydrogens (tertiary/aromatic N) is 1. The van der Waals surface area contributed by atoms with Gasteiger partial charge in [-0.25, -0.2) is 9.18 Å². The molecule has 0 atom stereocenters. The molecule has 41 heavy (non-hydrogen) atoms. The van der Waals surface area contributed by atoms with E-state index in [4.69, 9.17) is 21.1 Å². The minimum Gasteiger partial charge on any atom is -0.493 e. The highest BCUT2D eigenvalue weighted by molar-refractivity contribution is 9.10. The van der Waals surface area contributed by atoms with Crippen LogP contribution in [0.15, 0.2) is 64.0 Å². The van der Waals surface area contributed by atoms with Crippen molar-refractivity contribution in [2.75, 3.05) is 26.1 Å². The topological polar surface area (TPSA) is 111 Å². The monoisotopic (exact) mass is 662 g/mol. The Kier molecular flexibility index (Phi) is 9.69. The van der Waals surface area contributed by atoms with Crippen LogP contribution >= 0.6 is 39.3 Å². The summed E-state index contributed by atoms with van der Waals surface area (Å²) in [7, 11) is 2.64. The van der Waals surface area contributed by atoms with E-state index in [-0.39, 0.29) is 33.6 Å². The zero-order valence-electron chi connectivity index (χ0n) is 21.5. The third-order valence-electron chi connectivity index (χ3n) is 5.65. The number of ether oxygens (including phenoxy) is 3. The predicted molar refractivity (Wildman–Crippen MR) is 156 cm³/mol. The maximum atomic E-state index is 13.5. The van der Waals surface area contributed by atoms with Crippen molar-refractivity contribution in [2.45, 2.75) is 6.61 Å². The van der Waals surface area contributed by atoms with Crippen LogP contribution in [0.3, 0.4) is 0 Å². The molecule has 0 unspecified atom stereocenters. The number of thioether (sulfide) groups is 1. The van der Waals surface area contributed by atoms with Crippen molar-refractivity contribution in [1.82, 2.24) is 4.90 Å². The maximum Gasteiger partial charge on any atom is 0.339 e. The summed E-state index contributed by atoms with van der Waals surface area (Å²) >= 11 is 10.1. The van der Waals surface area contributed by atoms with Crippen molar-refractivity contribution in [1.29, 1.82) is 0 Å². The highest BCUT2D eigenvalue weighted by Gasteiger charge is 2.36. The van der Waals surface area contributed by atoms with Crippen molar-refractivity contribution >= 4 is 74.1 Å². The van der Waals surface area contributed by atoms with Crippen molar-refractivity contribution < 1.29 is 37.8 Å². The molecule has 1 fully saturated rings. The number of carbonyl (C=O) groups is 4. The number of methoxy groups -OCH3 is 2. The summed E-state index contributed by atoms with van der Waals surface area (Å²) in [6, 6.07) is 13.5. The zero-order chi connectivity index (χ0) is 29.7. The SMILES string of the molecule is COC(=O)c1cc(NC(=O)CN2C(=O)S/C(=C/c3cc(Br)c(OCc4cccc(F)c4)c(OC)c3)C2=O)ccc1Cl. The molecular weight excluding hydrogens is 643 g/mol. The van der Waals surface area contributed by atoms with Crippen molar-refractivity contribution in [3.05, 3.63) is 91.5 Å². The van der Waals surface area contributed by atoms with Crippen LogP contribution in [0.4, 0.5) is 14.9 Å². The number of carbonyl (C=O) groups excluding carboxylic acids is 4. The second-order valence-corrected chi connectivity index (χ2v) is 10.7. The van der Waals surface area contributed by atoms with E-state index in [1.54, 1.807) is 24.3 Å². The summed E-state index contributed by atoms with van der Waals surface area (Å²) in [4.78, 5) is 50.9. The predicted octanol–water partition coefficient (Wildman–Crippen LogP) is 6.29. The van der Waals surface area contributed by atoms with Gasteiger partial charge in [-0.05, 0) is 87.4 Å². The summed E-state index contributed by atoms with van der Waals surface area (Å²) in [5, 5.41) is 2.06. The Labute approximate surface area is 251 Å². The Morgan fingerprint density at radius 3 is 2.61 bits per heavy atom. The molecule has 1 heterocycles. The Balaban J connectivity index is 1.46. The van der Waals surface area contributed by atoms with Crippen LogP contribution in [0.5, 0.6) is 11.5 Å². The number of amides is 3. The standard InChI is InChI=1S/C28H21BrClFN2O7S/c1-38-22-10-16(9-20(29)25(22)40-14-15-4-3-5-17(31)8-15)11-23-26(35)33(28(37)41-23)13-24(34)32-18-6-7-21(30)19(12-18)27(36)39-2/h3-12H,13-14H2,1-2H3,(H,32,34)/b23-11+. The fourth-order valence-corrected chi connectivity index (χ4v) is 5.35. The molecule has 0 aliphatic carbocycles. The molecule has 1 N–H and O–H groups in total. The number of nitrogens with one attached hydrogen (secondary N) is 1. The van der Waals surface area contributed by atoms with Gasteiger partial charge in [-0.2, -0.15) is 0 Å². The van der Waals surface area contributed by atoms with E-state index in [0.29, 0.717) is 38.9 Å². The lowest BCUT2D eigenvalue weighted by Crippen LogP contribution is -2.36. The maximum absolute atomic E-state index is 13.5. The summed E-state index contributed by atoms with van der Waals surface area (Å²) < 4.78 is 29.9. The Bertz CT molecular complexity index is 1580. The van der Waals surface area contributed by atoms with Crippen LogP contribution in [0.25, 0.3) is 6.08 Å². The molecule has 0 saturated carbocycles. The molecule has 4 rings (SSSR count). The molecule has 1 aliphatic rings. The van der Waals surface area contributed by atoms with E-state index in [2.05, 4.69) is 26.0 Å². The number of anilines is 1. The van der Waals surface area contributed by atoms with Gasteiger partial charge in [-0.1, -0.05) is 23.7 Å². The summed E-state index contributed by atoms with van der Waals surface area (Å²) in [6.45, 7) is -0.453. The van der Waals surface area contributed by atoms with Crippen molar-refractivity contribution in [3.63, 3.8) is 0 Å². The first-order valence-corrected chi connectivity index (χ1v) is 13.8. The summed E-state index contributed by atoms with van der Waals surface area (Å²) in [5.41, 5.74) is 1.44. The van der Waals surface area contributed by atoms with Gasteiger partial charge in [0, 0.05) is 5.69 Å². The smallest absolute Gasteiger partial charge is 0.339 e. The lowest BCUT2D eigenvalue weighted by Gasteiger charge is -2.14. The molecule has 3 amide bonds. The van der Waals surface area contributed by atoms with E-state index < -0.39 is 29.6 Å². The lowest BCUT2D eigenvalue weighted by molar-refractivity contribution is -0.127. The molecule has 0 aromatic heterocycles. The molecule has 1 saturated heterocycles. The first-order chi connectivity index (χ1) is 19.6. The third-order valence-corrected chi connectivity index (χ3v) is 7.48. The summed E-state index contributed by atoms with van der Waals surface area (Å²) in [5.74, 6) is -1.65. The Morgan fingerprint density at radius 2 is 1.90 bits per heavy atom. The molecule has 1 aliphatic heterocycles. The Morgan fingerprint density at radius 1 is 1.12 bits per heavy atom. The average molecular weight is 664 g/mol. The molecule has 0 radical (unpaired) electrons. The first kappa shape index (κ1) is 30.1. The number of halogens is 3. The van der Waals surface area contributed by atoms with Crippen molar-refractivity contribution in [3.8, 4) is 11.5 Å². The highest BCUT2D eigenvalue weighted by Crippen LogP contribution is 2.39. The van der Waals surface area contributed by atoms with Crippen LogP contribution < -0.4 is 14.8 Å². The number of imide groups is 1. The molecule has 0 spiro atoms. The number of esters is 1. The third kappa shape index (κ3) is 7.26. The average Bonchev–Trinajstić information content (AvgIpc) is 3.19. The number of hydrogen-bond acceptors (Lipinski definition) is 8. The van der Waals surface area contributed by atoms with Crippen LogP contribution in [0.1, 0.15) is 21.5 Å². The van der Waals surface area contributed by atoms with Gasteiger partial charge in [0.2, 0.25) is 5.91 Å². The van der Waals surface area contributed by atoms with Crippen LogP contribution in [-0.2, 0) is 20.9 Å². The fraction of sp³-hybridized carbons (Fsp3) is 0.143. The second kappa shape index (κ2) is 13.2. The van der Waals surface area contributed by atoms with Crippen LogP contribution in [0, 0.1) is 5.82 Å². The second-order valence-electron chi connectivity index (χ2n) is 8.45. The lowest BCUT2D eigenvalue weighted by atomic mass is 10.1. The normalized spacial score (nSPS) is 13.9. The van der Waals surface area contributed by atoms with Gasteiger partial charge in [0.25, 0.3) is 11.1 Å². The largest absolute Gasteiger partial charge is 0.493 e. The van der Waals surface area contributed by atoms with E-state index in [0.717, 1.165) is 4.90 Å². The molecule has 3 aromatic rings. The summed E-state index contributed by atoms with van der Waals surface area (Å²) in [6.07, 6.45) is 1.49. The van der Waals surface area contributed by atoms with E-state index >= 15 is 0 Å². The molecular formula is C28H21BrClFN2O7S.